The molecule has 2 aromatic heterocycles. The van der Waals surface area contributed by atoms with Crippen LogP contribution in [0, 0.1) is 0 Å². The number of rotatable bonds is 3. The molecule has 0 radical (unpaired) electrons. The molecule has 1 atom stereocenters. The molecule has 2 aliphatic heterocycles. The number of anilines is 1. The Morgan fingerprint density at radius 3 is 3.00 bits per heavy atom. The molecule has 1 saturated heterocycles. The van der Waals surface area contributed by atoms with Gasteiger partial charge in [0.25, 0.3) is 0 Å². The molecule has 132 valence electrons. The van der Waals surface area contributed by atoms with Gasteiger partial charge in [0, 0.05) is 18.4 Å². The van der Waals surface area contributed by atoms with E-state index in [0.29, 0.717) is 6.54 Å². The Bertz CT molecular complexity index is 946. The van der Waals surface area contributed by atoms with E-state index < -0.39 is 5.41 Å². The number of nitrogens with one attached hydrogen (secondary N) is 2. The Hall–Kier alpha value is -2.86. The van der Waals surface area contributed by atoms with E-state index in [0.717, 1.165) is 54.4 Å². The first-order valence-corrected chi connectivity index (χ1v) is 8.96. The highest BCUT2D eigenvalue weighted by molar-refractivity contribution is 6.06. The smallest absolute Gasteiger partial charge is 0.236 e. The Labute approximate surface area is 151 Å². The fourth-order valence-electron chi connectivity index (χ4n) is 4.28. The first-order valence-electron chi connectivity index (χ1n) is 8.96. The molecule has 0 saturated carbocycles. The molecule has 0 bridgehead atoms. The molecule has 1 spiro atoms. The molecule has 1 aromatic carbocycles. The zero-order chi connectivity index (χ0) is 17.6. The molecule has 0 unspecified atom stereocenters. The van der Waals surface area contributed by atoms with Gasteiger partial charge in [0.15, 0.2) is 5.76 Å². The van der Waals surface area contributed by atoms with Crippen LogP contribution in [0.3, 0.4) is 0 Å². The van der Waals surface area contributed by atoms with Crippen LogP contribution in [0.15, 0.2) is 53.1 Å². The molecule has 5 rings (SSSR count). The van der Waals surface area contributed by atoms with E-state index in [1.165, 1.54) is 0 Å². The van der Waals surface area contributed by atoms with E-state index in [9.17, 15) is 4.79 Å². The van der Waals surface area contributed by atoms with Gasteiger partial charge in [0.05, 0.1) is 12.0 Å². The summed E-state index contributed by atoms with van der Waals surface area (Å²) in [5, 5.41) is 9.94. The van der Waals surface area contributed by atoms with Crippen LogP contribution < -0.4 is 5.32 Å². The number of carbonyl (C=O) groups is 1. The lowest BCUT2D eigenvalue weighted by molar-refractivity contribution is -0.123. The van der Waals surface area contributed by atoms with Crippen molar-refractivity contribution < 1.29 is 9.21 Å². The van der Waals surface area contributed by atoms with E-state index >= 15 is 0 Å². The number of aromatic amines is 1. The molecule has 6 heteroatoms. The average molecular weight is 348 g/mol. The number of nitrogens with zero attached hydrogens (tertiary/aromatic N) is 2. The third-order valence-electron chi connectivity index (χ3n) is 5.50. The van der Waals surface area contributed by atoms with Crippen molar-refractivity contribution in [3.8, 4) is 11.5 Å². The number of hydrogen-bond donors (Lipinski definition) is 2. The van der Waals surface area contributed by atoms with Crippen molar-refractivity contribution in [2.24, 2.45) is 0 Å². The van der Waals surface area contributed by atoms with Gasteiger partial charge in [-0.05, 0) is 49.2 Å². The number of aromatic nitrogens is 2. The number of fused-ring (bicyclic) bond motifs is 2. The Balaban J connectivity index is 1.38. The topological polar surface area (TPSA) is 74.2 Å². The summed E-state index contributed by atoms with van der Waals surface area (Å²) in [7, 11) is 0. The van der Waals surface area contributed by atoms with Crippen LogP contribution in [0.5, 0.6) is 0 Å². The number of furan rings is 1. The van der Waals surface area contributed by atoms with Gasteiger partial charge in [-0.3, -0.25) is 14.8 Å². The summed E-state index contributed by atoms with van der Waals surface area (Å²) >= 11 is 0. The van der Waals surface area contributed by atoms with Crippen LogP contribution in [0.2, 0.25) is 0 Å². The van der Waals surface area contributed by atoms with E-state index in [2.05, 4.69) is 26.5 Å². The van der Waals surface area contributed by atoms with Gasteiger partial charge in [-0.2, -0.15) is 5.10 Å². The van der Waals surface area contributed by atoms with E-state index in [1.807, 2.05) is 36.4 Å². The molecule has 26 heavy (non-hydrogen) atoms. The van der Waals surface area contributed by atoms with Crippen molar-refractivity contribution in [1.82, 2.24) is 15.1 Å². The van der Waals surface area contributed by atoms with Crippen molar-refractivity contribution >= 4 is 11.6 Å². The van der Waals surface area contributed by atoms with Crippen LogP contribution in [0.4, 0.5) is 5.69 Å². The predicted octanol–water partition coefficient (Wildman–Crippen LogP) is 3.16. The maximum absolute atomic E-state index is 12.8. The van der Waals surface area contributed by atoms with Gasteiger partial charge in [-0.1, -0.05) is 18.2 Å². The van der Waals surface area contributed by atoms with Crippen molar-refractivity contribution in [3.05, 3.63) is 60.0 Å². The van der Waals surface area contributed by atoms with E-state index in [1.54, 1.807) is 6.20 Å². The first-order chi connectivity index (χ1) is 12.7. The minimum atomic E-state index is -0.437. The third-order valence-corrected chi connectivity index (χ3v) is 5.50. The van der Waals surface area contributed by atoms with Crippen molar-refractivity contribution in [1.29, 1.82) is 0 Å². The van der Waals surface area contributed by atoms with Crippen LogP contribution in [-0.4, -0.2) is 34.1 Å². The zero-order valence-electron chi connectivity index (χ0n) is 14.4. The number of carbonyl (C=O) groups excluding carboxylic acids is 1. The van der Waals surface area contributed by atoms with Gasteiger partial charge in [-0.25, -0.2) is 0 Å². The molecule has 0 aliphatic carbocycles. The third kappa shape index (κ3) is 2.37. The zero-order valence-corrected chi connectivity index (χ0v) is 14.4. The SMILES string of the molecule is O=C1Nc2ccccc2[C@]12CCCN(Cc1ccc(-c3ccn[nH]3)o1)C2. The second-order valence-corrected chi connectivity index (χ2v) is 7.13. The normalized spacial score (nSPS) is 22.5. The number of hydrogen-bond acceptors (Lipinski definition) is 4. The summed E-state index contributed by atoms with van der Waals surface area (Å²) in [4.78, 5) is 15.1. The number of likely N-dealkylation sites (tertiary alicyclic amines) is 1. The lowest BCUT2D eigenvalue weighted by Crippen LogP contribution is -2.49. The summed E-state index contributed by atoms with van der Waals surface area (Å²) in [5.41, 5.74) is 2.52. The Kier molecular flexibility index (Phi) is 3.46. The Morgan fingerprint density at radius 1 is 1.19 bits per heavy atom. The van der Waals surface area contributed by atoms with E-state index in [4.69, 9.17) is 4.42 Å². The van der Waals surface area contributed by atoms with Gasteiger partial charge < -0.3 is 9.73 Å². The summed E-state index contributed by atoms with van der Waals surface area (Å²) in [6.45, 7) is 2.39. The maximum atomic E-state index is 12.8. The predicted molar refractivity (Wildman–Crippen MR) is 97.6 cm³/mol. The van der Waals surface area contributed by atoms with Gasteiger partial charge >= 0.3 is 0 Å². The number of H-pyrrole nitrogens is 1. The fraction of sp³-hybridized carbons (Fsp3) is 0.300. The molecule has 6 nitrogen and oxygen atoms in total. The average Bonchev–Trinajstić information content (AvgIpc) is 3.37. The van der Waals surface area contributed by atoms with Crippen LogP contribution >= 0.6 is 0 Å². The molecule has 1 amide bonds. The molecule has 3 aromatic rings. The molecule has 4 heterocycles. The number of amides is 1. The molecule has 1 fully saturated rings. The highest BCUT2D eigenvalue weighted by Gasteiger charge is 2.48. The minimum absolute atomic E-state index is 0.126. The molecular weight excluding hydrogens is 328 g/mol. The molecular formula is C20H20N4O2. The summed E-state index contributed by atoms with van der Waals surface area (Å²) in [6.07, 6.45) is 3.60. The standard InChI is InChI=1S/C20H20N4O2/c25-19-20(15-4-1-2-5-16(15)22-19)9-3-11-24(13-20)12-14-6-7-18(26-14)17-8-10-21-23-17/h1-2,4-8,10H,3,9,11-13H2,(H,21,23)(H,22,25)/t20-/m1/s1. The second kappa shape index (κ2) is 5.85. The van der Waals surface area contributed by atoms with E-state index in [-0.39, 0.29) is 5.91 Å². The number of piperidine rings is 1. The molecule has 2 N–H and O–H groups in total. The van der Waals surface area contributed by atoms with Gasteiger partial charge in [0.2, 0.25) is 5.91 Å². The number of benzene rings is 1. The summed E-state index contributed by atoms with van der Waals surface area (Å²) in [5.74, 6) is 1.81. The van der Waals surface area contributed by atoms with Crippen molar-refractivity contribution in [3.63, 3.8) is 0 Å². The highest BCUT2D eigenvalue weighted by Crippen LogP contribution is 2.43. The highest BCUT2D eigenvalue weighted by atomic mass is 16.3. The van der Waals surface area contributed by atoms with Crippen molar-refractivity contribution in [2.45, 2.75) is 24.8 Å². The summed E-state index contributed by atoms with van der Waals surface area (Å²) in [6, 6.07) is 13.9. The van der Waals surface area contributed by atoms with Crippen molar-refractivity contribution in [2.75, 3.05) is 18.4 Å². The number of para-hydroxylation sites is 1. The van der Waals surface area contributed by atoms with Gasteiger partial charge in [-0.15, -0.1) is 0 Å². The van der Waals surface area contributed by atoms with Crippen LogP contribution in [0.1, 0.15) is 24.2 Å². The first kappa shape index (κ1) is 15.4. The van der Waals surface area contributed by atoms with Crippen LogP contribution in [0.25, 0.3) is 11.5 Å². The lowest BCUT2D eigenvalue weighted by Gasteiger charge is -2.38. The Morgan fingerprint density at radius 2 is 2.12 bits per heavy atom. The maximum Gasteiger partial charge on any atom is 0.236 e. The lowest BCUT2D eigenvalue weighted by atomic mass is 9.75. The van der Waals surface area contributed by atoms with Gasteiger partial charge in [0.1, 0.15) is 11.5 Å². The summed E-state index contributed by atoms with van der Waals surface area (Å²) < 4.78 is 5.96. The monoisotopic (exact) mass is 348 g/mol. The molecule has 2 aliphatic rings. The largest absolute Gasteiger partial charge is 0.458 e. The quantitative estimate of drug-likeness (QED) is 0.762. The minimum Gasteiger partial charge on any atom is -0.458 e. The van der Waals surface area contributed by atoms with Crippen LogP contribution in [-0.2, 0) is 16.8 Å². The second-order valence-electron chi connectivity index (χ2n) is 7.13. The fourth-order valence-corrected chi connectivity index (χ4v) is 4.28.